The SMILES string of the molecule is CCOc1ccccc1NC(=O)NCC1(O)CCCCC1. The van der Waals surface area contributed by atoms with Crippen molar-refractivity contribution in [2.24, 2.45) is 0 Å². The third kappa shape index (κ3) is 4.63. The molecule has 0 radical (unpaired) electrons. The number of rotatable bonds is 5. The van der Waals surface area contributed by atoms with Crippen LogP contribution in [0.4, 0.5) is 10.5 Å². The highest BCUT2D eigenvalue weighted by molar-refractivity contribution is 5.90. The highest BCUT2D eigenvalue weighted by Crippen LogP contribution is 2.27. The van der Waals surface area contributed by atoms with Gasteiger partial charge in [0.2, 0.25) is 0 Å². The molecule has 0 aliphatic heterocycles. The van der Waals surface area contributed by atoms with Crippen LogP contribution in [0.5, 0.6) is 5.75 Å². The van der Waals surface area contributed by atoms with E-state index in [4.69, 9.17) is 4.74 Å². The van der Waals surface area contributed by atoms with Gasteiger partial charge in [0, 0.05) is 6.54 Å². The molecule has 0 heterocycles. The van der Waals surface area contributed by atoms with Gasteiger partial charge in [0.15, 0.2) is 0 Å². The van der Waals surface area contributed by atoms with Gasteiger partial charge >= 0.3 is 6.03 Å². The monoisotopic (exact) mass is 292 g/mol. The number of aliphatic hydroxyl groups is 1. The third-order valence-corrected chi connectivity index (χ3v) is 3.80. The van der Waals surface area contributed by atoms with Crippen molar-refractivity contribution in [1.29, 1.82) is 0 Å². The Bertz CT molecular complexity index is 470. The Morgan fingerprint density at radius 3 is 2.71 bits per heavy atom. The number of hydrogen-bond acceptors (Lipinski definition) is 3. The Labute approximate surface area is 125 Å². The Morgan fingerprint density at radius 1 is 1.29 bits per heavy atom. The molecular weight excluding hydrogens is 268 g/mol. The fraction of sp³-hybridized carbons (Fsp3) is 0.562. The maximum Gasteiger partial charge on any atom is 0.319 e. The van der Waals surface area contributed by atoms with Crippen LogP contribution in [0.25, 0.3) is 0 Å². The summed E-state index contributed by atoms with van der Waals surface area (Å²) in [5, 5.41) is 15.9. The molecule has 0 atom stereocenters. The van der Waals surface area contributed by atoms with Gasteiger partial charge in [0.1, 0.15) is 5.75 Å². The summed E-state index contributed by atoms with van der Waals surface area (Å²) in [6.07, 6.45) is 4.71. The normalized spacial score (nSPS) is 17.0. The van der Waals surface area contributed by atoms with E-state index in [0.717, 1.165) is 32.1 Å². The van der Waals surface area contributed by atoms with Crippen molar-refractivity contribution in [3.63, 3.8) is 0 Å². The lowest BCUT2D eigenvalue weighted by Crippen LogP contribution is -2.45. The number of ether oxygens (including phenoxy) is 1. The summed E-state index contributed by atoms with van der Waals surface area (Å²) in [7, 11) is 0. The summed E-state index contributed by atoms with van der Waals surface area (Å²) < 4.78 is 5.46. The van der Waals surface area contributed by atoms with Crippen LogP contribution in [-0.4, -0.2) is 29.9 Å². The number of amides is 2. The molecule has 2 rings (SSSR count). The van der Waals surface area contributed by atoms with E-state index >= 15 is 0 Å². The Balaban J connectivity index is 1.87. The standard InChI is InChI=1S/C16H24N2O3/c1-2-21-14-9-5-4-8-13(14)18-15(19)17-12-16(20)10-6-3-7-11-16/h4-5,8-9,20H,2-3,6-7,10-12H2,1H3,(H2,17,18,19). The fourth-order valence-corrected chi connectivity index (χ4v) is 2.65. The highest BCUT2D eigenvalue weighted by Gasteiger charge is 2.29. The van der Waals surface area contributed by atoms with Gasteiger partial charge in [-0.3, -0.25) is 0 Å². The van der Waals surface area contributed by atoms with Crippen molar-refractivity contribution in [2.45, 2.75) is 44.6 Å². The maximum absolute atomic E-state index is 12.0. The lowest BCUT2D eigenvalue weighted by Gasteiger charge is -2.32. The average molecular weight is 292 g/mol. The molecule has 1 saturated carbocycles. The first kappa shape index (κ1) is 15.6. The van der Waals surface area contributed by atoms with Crippen LogP contribution in [0, 0.1) is 0 Å². The van der Waals surface area contributed by atoms with Crippen LogP contribution in [0.2, 0.25) is 0 Å². The molecule has 0 spiro atoms. The predicted molar refractivity (Wildman–Crippen MR) is 82.7 cm³/mol. The number of nitrogens with one attached hydrogen (secondary N) is 2. The number of anilines is 1. The molecule has 2 amide bonds. The average Bonchev–Trinajstić information content (AvgIpc) is 2.48. The van der Waals surface area contributed by atoms with E-state index in [1.165, 1.54) is 0 Å². The van der Waals surface area contributed by atoms with Crippen molar-refractivity contribution < 1.29 is 14.6 Å². The predicted octanol–water partition coefficient (Wildman–Crippen LogP) is 2.90. The van der Waals surface area contributed by atoms with Gasteiger partial charge in [-0.05, 0) is 31.9 Å². The minimum atomic E-state index is -0.755. The molecule has 1 aromatic rings. The Hall–Kier alpha value is -1.75. The minimum Gasteiger partial charge on any atom is -0.492 e. The van der Waals surface area contributed by atoms with E-state index < -0.39 is 5.60 Å². The molecule has 5 heteroatoms. The zero-order valence-electron chi connectivity index (χ0n) is 12.5. The number of hydrogen-bond donors (Lipinski definition) is 3. The Morgan fingerprint density at radius 2 is 2.00 bits per heavy atom. The zero-order valence-corrected chi connectivity index (χ0v) is 12.5. The zero-order chi connectivity index (χ0) is 15.1. The molecule has 0 bridgehead atoms. The largest absolute Gasteiger partial charge is 0.492 e. The highest BCUT2D eigenvalue weighted by atomic mass is 16.5. The van der Waals surface area contributed by atoms with Crippen LogP contribution in [-0.2, 0) is 0 Å². The van der Waals surface area contributed by atoms with Gasteiger partial charge in [0.25, 0.3) is 0 Å². The summed E-state index contributed by atoms with van der Waals surface area (Å²) in [6, 6.07) is 6.99. The first-order valence-corrected chi connectivity index (χ1v) is 7.62. The number of para-hydroxylation sites is 2. The molecule has 1 aliphatic rings. The van der Waals surface area contributed by atoms with Gasteiger partial charge in [-0.1, -0.05) is 31.4 Å². The van der Waals surface area contributed by atoms with Crippen LogP contribution in [0.3, 0.4) is 0 Å². The van der Waals surface area contributed by atoms with E-state index in [1.54, 1.807) is 6.07 Å². The lowest BCUT2D eigenvalue weighted by atomic mass is 9.85. The molecule has 1 aliphatic carbocycles. The quantitative estimate of drug-likeness (QED) is 0.781. The van der Waals surface area contributed by atoms with Crippen molar-refractivity contribution in [3.05, 3.63) is 24.3 Å². The second-order valence-electron chi connectivity index (χ2n) is 5.52. The van der Waals surface area contributed by atoms with E-state index in [-0.39, 0.29) is 12.6 Å². The maximum atomic E-state index is 12.0. The topological polar surface area (TPSA) is 70.6 Å². The Kier molecular flexibility index (Phi) is 5.44. The molecular formula is C16H24N2O3. The van der Waals surface area contributed by atoms with Gasteiger partial charge in [-0.25, -0.2) is 4.79 Å². The molecule has 3 N–H and O–H groups in total. The number of urea groups is 1. The second-order valence-corrected chi connectivity index (χ2v) is 5.52. The minimum absolute atomic E-state index is 0.287. The van der Waals surface area contributed by atoms with Crippen molar-refractivity contribution in [1.82, 2.24) is 5.32 Å². The second kappa shape index (κ2) is 7.31. The molecule has 0 unspecified atom stereocenters. The van der Waals surface area contributed by atoms with E-state index in [9.17, 15) is 9.90 Å². The molecule has 116 valence electrons. The van der Waals surface area contributed by atoms with Gasteiger partial charge in [0.05, 0.1) is 17.9 Å². The van der Waals surface area contributed by atoms with E-state index in [2.05, 4.69) is 10.6 Å². The summed E-state index contributed by atoms with van der Waals surface area (Å²) in [4.78, 5) is 12.0. The lowest BCUT2D eigenvalue weighted by molar-refractivity contribution is 0.00755. The number of benzene rings is 1. The summed E-state index contributed by atoms with van der Waals surface area (Å²) in [5.41, 5.74) is -0.123. The summed E-state index contributed by atoms with van der Waals surface area (Å²) in [5.74, 6) is 0.645. The fourth-order valence-electron chi connectivity index (χ4n) is 2.65. The molecule has 0 aromatic heterocycles. The summed E-state index contributed by atoms with van der Waals surface area (Å²) >= 11 is 0. The molecule has 21 heavy (non-hydrogen) atoms. The van der Waals surface area contributed by atoms with Crippen LogP contribution in [0.1, 0.15) is 39.0 Å². The molecule has 1 fully saturated rings. The van der Waals surface area contributed by atoms with Crippen molar-refractivity contribution in [3.8, 4) is 5.75 Å². The van der Waals surface area contributed by atoms with Crippen molar-refractivity contribution >= 4 is 11.7 Å². The van der Waals surface area contributed by atoms with Crippen LogP contribution < -0.4 is 15.4 Å². The molecule has 0 saturated heterocycles. The number of carbonyl (C=O) groups excluding carboxylic acids is 1. The molecule has 1 aromatic carbocycles. The smallest absolute Gasteiger partial charge is 0.319 e. The van der Waals surface area contributed by atoms with Crippen LogP contribution in [0.15, 0.2) is 24.3 Å². The molecule has 5 nitrogen and oxygen atoms in total. The van der Waals surface area contributed by atoms with E-state index in [1.807, 2.05) is 25.1 Å². The summed E-state index contributed by atoms with van der Waals surface area (Å²) in [6.45, 7) is 2.73. The van der Waals surface area contributed by atoms with Crippen molar-refractivity contribution in [2.75, 3.05) is 18.5 Å². The van der Waals surface area contributed by atoms with Gasteiger partial charge < -0.3 is 20.5 Å². The first-order valence-electron chi connectivity index (χ1n) is 7.62. The third-order valence-electron chi connectivity index (χ3n) is 3.80. The number of carbonyl (C=O) groups is 1. The van der Waals surface area contributed by atoms with E-state index in [0.29, 0.717) is 18.0 Å². The first-order chi connectivity index (χ1) is 10.1. The van der Waals surface area contributed by atoms with Crippen LogP contribution >= 0.6 is 0 Å². The van der Waals surface area contributed by atoms with Gasteiger partial charge in [-0.2, -0.15) is 0 Å². The van der Waals surface area contributed by atoms with Gasteiger partial charge in [-0.15, -0.1) is 0 Å².